The molecule has 0 bridgehead atoms. The molecule has 17 heavy (non-hydrogen) atoms. The number of hydrogen-bond acceptors (Lipinski definition) is 3. The van der Waals surface area contributed by atoms with E-state index in [1.165, 1.54) is 7.11 Å². The lowest BCUT2D eigenvalue weighted by molar-refractivity contribution is -0.139. The van der Waals surface area contributed by atoms with Gasteiger partial charge in [0.15, 0.2) is 0 Å². The number of pyridine rings is 1. The van der Waals surface area contributed by atoms with Crippen LogP contribution in [0.3, 0.4) is 0 Å². The Hall–Kier alpha value is -1.61. The molecular formula is C13H12ClNO2. The zero-order chi connectivity index (χ0) is 12.4. The van der Waals surface area contributed by atoms with E-state index in [1.807, 2.05) is 25.1 Å². The van der Waals surface area contributed by atoms with Crippen LogP contribution in [-0.4, -0.2) is 18.1 Å². The summed E-state index contributed by atoms with van der Waals surface area (Å²) < 4.78 is 4.60. The second kappa shape index (κ2) is 4.72. The number of carbonyl (C=O) groups is 1. The van der Waals surface area contributed by atoms with Gasteiger partial charge in [0.05, 0.1) is 29.8 Å². The minimum Gasteiger partial charge on any atom is -0.469 e. The number of halogens is 1. The van der Waals surface area contributed by atoms with Gasteiger partial charge < -0.3 is 4.74 Å². The number of methoxy groups -OCH3 is 1. The number of nitrogens with zero attached hydrogens (tertiary/aromatic N) is 1. The summed E-state index contributed by atoms with van der Waals surface area (Å²) in [5.41, 5.74) is 2.54. The molecule has 3 nitrogen and oxygen atoms in total. The van der Waals surface area contributed by atoms with Crippen molar-refractivity contribution in [1.29, 1.82) is 0 Å². The van der Waals surface area contributed by atoms with E-state index >= 15 is 0 Å². The van der Waals surface area contributed by atoms with E-state index in [0.29, 0.717) is 10.7 Å². The van der Waals surface area contributed by atoms with E-state index in [0.717, 1.165) is 16.5 Å². The van der Waals surface area contributed by atoms with Crippen molar-refractivity contribution < 1.29 is 9.53 Å². The summed E-state index contributed by atoms with van der Waals surface area (Å²) in [6.45, 7) is 2.00. The molecule has 1 heterocycles. The van der Waals surface area contributed by atoms with E-state index in [-0.39, 0.29) is 12.4 Å². The zero-order valence-electron chi connectivity index (χ0n) is 9.66. The Morgan fingerprint density at radius 2 is 2.18 bits per heavy atom. The van der Waals surface area contributed by atoms with Crippen molar-refractivity contribution in [2.24, 2.45) is 0 Å². The molecule has 1 aromatic carbocycles. The molecule has 0 saturated heterocycles. The van der Waals surface area contributed by atoms with Crippen LogP contribution in [-0.2, 0) is 16.0 Å². The lowest BCUT2D eigenvalue weighted by Crippen LogP contribution is -2.06. The van der Waals surface area contributed by atoms with E-state index in [2.05, 4.69) is 9.72 Å². The molecule has 4 heteroatoms. The molecule has 0 aliphatic rings. The summed E-state index contributed by atoms with van der Waals surface area (Å²) in [4.78, 5) is 15.6. The van der Waals surface area contributed by atoms with Gasteiger partial charge >= 0.3 is 5.97 Å². The molecule has 0 aliphatic heterocycles. The Morgan fingerprint density at radius 1 is 1.41 bits per heavy atom. The van der Waals surface area contributed by atoms with Crippen molar-refractivity contribution in [3.05, 3.63) is 40.5 Å². The van der Waals surface area contributed by atoms with Crippen molar-refractivity contribution in [2.45, 2.75) is 13.3 Å². The molecule has 0 radical (unpaired) electrons. The van der Waals surface area contributed by atoms with Crippen molar-refractivity contribution in [3.63, 3.8) is 0 Å². The molecule has 2 rings (SSSR count). The lowest BCUT2D eigenvalue weighted by atomic mass is 10.1. The molecule has 0 N–H and O–H groups in total. The average Bonchev–Trinajstić information content (AvgIpc) is 2.30. The summed E-state index contributed by atoms with van der Waals surface area (Å²) in [5, 5.41) is 1.51. The fourth-order valence-corrected chi connectivity index (χ4v) is 1.94. The third kappa shape index (κ3) is 2.56. The van der Waals surface area contributed by atoms with Gasteiger partial charge in [-0.05, 0) is 25.1 Å². The zero-order valence-corrected chi connectivity index (χ0v) is 10.4. The summed E-state index contributed by atoms with van der Waals surface area (Å²) in [6.07, 6.45) is 0.139. The van der Waals surface area contributed by atoms with Gasteiger partial charge in [-0.2, -0.15) is 0 Å². The van der Waals surface area contributed by atoms with Gasteiger partial charge in [0, 0.05) is 5.39 Å². The maximum absolute atomic E-state index is 11.2. The van der Waals surface area contributed by atoms with Crippen LogP contribution in [0.5, 0.6) is 0 Å². The Morgan fingerprint density at radius 3 is 2.88 bits per heavy atom. The van der Waals surface area contributed by atoms with Gasteiger partial charge in [0.1, 0.15) is 0 Å². The van der Waals surface area contributed by atoms with Gasteiger partial charge in [-0.15, -0.1) is 0 Å². The quantitative estimate of drug-likeness (QED) is 0.769. The van der Waals surface area contributed by atoms with Crippen molar-refractivity contribution in [3.8, 4) is 0 Å². The van der Waals surface area contributed by atoms with Crippen LogP contribution in [0.4, 0.5) is 0 Å². The monoisotopic (exact) mass is 249 g/mol. The summed E-state index contributed by atoms with van der Waals surface area (Å²) >= 11 is 6.17. The minimum absolute atomic E-state index is 0.139. The van der Waals surface area contributed by atoms with Crippen molar-refractivity contribution in [2.75, 3.05) is 7.11 Å². The molecule has 88 valence electrons. The smallest absolute Gasteiger partial charge is 0.311 e. The Kier molecular flexibility index (Phi) is 3.29. The van der Waals surface area contributed by atoms with Crippen molar-refractivity contribution >= 4 is 28.5 Å². The molecule has 1 aromatic heterocycles. The second-order valence-electron chi connectivity index (χ2n) is 3.87. The molecule has 0 saturated carbocycles. The molecule has 0 unspecified atom stereocenters. The van der Waals surface area contributed by atoms with Crippen LogP contribution in [0.1, 0.15) is 11.3 Å². The number of rotatable bonds is 2. The second-order valence-corrected chi connectivity index (χ2v) is 4.28. The van der Waals surface area contributed by atoms with Crippen LogP contribution in [0.25, 0.3) is 10.9 Å². The number of benzene rings is 1. The highest BCUT2D eigenvalue weighted by molar-refractivity contribution is 6.35. The Bertz CT molecular complexity index is 581. The lowest BCUT2D eigenvalue weighted by Gasteiger charge is -2.05. The van der Waals surface area contributed by atoms with Crippen LogP contribution >= 0.6 is 11.6 Å². The number of carbonyl (C=O) groups excluding carboxylic acids is 1. The first kappa shape index (κ1) is 11.9. The predicted molar refractivity (Wildman–Crippen MR) is 67.2 cm³/mol. The maximum Gasteiger partial charge on any atom is 0.311 e. The average molecular weight is 250 g/mol. The van der Waals surface area contributed by atoms with E-state index in [9.17, 15) is 4.79 Å². The van der Waals surface area contributed by atoms with Crippen LogP contribution in [0.2, 0.25) is 5.02 Å². The third-order valence-corrected chi connectivity index (χ3v) is 2.83. The molecular weight excluding hydrogens is 238 g/mol. The first-order chi connectivity index (χ1) is 8.10. The van der Waals surface area contributed by atoms with E-state index in [4.69, 9.17) is 11.6 Å². The highest BCUT2D eigenvalue weighted by Gasteiger charge is 2.08. The number of fused-ring (bicyclic) bond motifs is 1. The van der Waals surface area contributed by atoms with Crippen molar-refractivity contribution in [1.82, 2.24) is 4.98 Å². The summed E-state index contributed by atoms with van der Waals surface area (Å²) in [6, 6.07) is 7.55. The number of hydrogen-bond donors (Lipinski definition) is 0. The largest absolute Gasteiger partial charge is 0.469 e. The topological polar surface area (TPSA) is 39.2 Å². The number of aryl methyl sites for hydroxylation is 1. The van der Waals surface area contributed by atoms with Gasteiger partial charge in [-0.25, -0.2) is 0 Å². The Labute approximate surface area is 104 Å². The van der Waals surface area contributed by atoms with Gasteiger partial charge in [0.2, 0.25) is 0 Å². The van der Waals surface area contributed by atoms with E-state index < -0.39 is 0 Å². The highest BCUT2D eigenvalue weighted by atomic mass is 35.5. The molecule has 0 atom stereocenters. The van der Waals surface area contributed by atoms with Gasteiger partial charge in [0.25, 0.3) is 0 Å². The fraction of sp³-hybridized carbons (Fsp3) is 0.231. The van der Waals surface area contributed by atoms with Gasteiger partial charge in [-0.3, -0.25) is 9.78 Å². The molecule has 0 fully saturated rings. The standard InChI is InChI=1S/C13H12ClNO2/c1-8-3-4-12-10(5-8)11(14)6-9(15-12)7-13(16)17-2/h3-6H,7H2,1-2H3. The number of ether oxygens (including phenoxy) is 1. The SMILES string of the molecule is COC(=O)Cc1cc(Cl)c2cc(C)ccc2n1. The Balaban J connectivity index is 2.48. The summed E-state index contributed by atoms with van der Waals surface area (Å²) in [5.74, 6) is -0.319. The van der Waals surface area contributed by atoms with E-state index in [1.54, 1.807) is 6.07 Å². The first-order valence-electron chi connectivity index (χ1n) is 5.23. The molecule has 0 aliphatic carbocycles. The van der Waals surface area contributed by atoms with Crippen LogP contribution < -0.4 is 0 Å². The number of esters is 1. The molecule has 2 aromatic rings. The van der Waals surface area contributed by atoms with Crippen LogP contribution in [0.15, 0.2) is 24.3 Å². The fourth-order valence-electron chi connectivity index (χ4n) is 1.66. The predicted octanol–water partition coefficient (Wildman–Crippen LogP) is 2.91. The highest BCUT2D eigenvalue weighted by Crippen LogP contribution is 2.24. The van der Waals surface area contributed by atoms with Gasteiger partial charge in [-0.1, -0.05) is 23.2 Å². The number of aromatic nitrogens is 1. The normalized spacial score (nSPS) is 10.5. The molecule has 0 amide bonds. The first-order valence-corrected chi connectivity index (χ1v) is 5.60. The summed E-state index contributed by atoms with van der Waals surface area (Å²) in [7, 11) is 1.36. The third-order valence-electron chi connectivity index (χ3n) is 2.52. The van der Waals surface area contributed by atoms with Crippen LogP contribution in [0, 0.1) is 6.92 Å². The maximum atomic E-state index is 11.2. The molecule has 0 spiro atoms. The minimum atomic E-state index is -0.319.